The van der Waals surface area contributed by atoms with E-state index in [0.29, 0.717) is 25.2 Å². The molecule has 0 saturated heterocycles. The predicted molar refractivity (Wildman–Crippen MR) is 92.8 cm³/mol. The number of pyridine rings is 1. The quantitative estimate of drug-likeness (QED) is 0.720. The maximum atomic E-state index is 11.7. The monoisotopic (exact) mass is 336 g/mol. The van der Waals surface area contributed by atoms with Gasteiger partial charge in [-0.3, -0.25) is 9.78 Å². The van der Waals surface area contributed by atoms with Crippen molar-refractivity contribution in [3.05, 3.63) is 48.3 Å². The summed E-state index contributed by atoms with van der Waals surface area (Å²) in [4.78, 5) is 15.9. The first-order valence-corrected chi connectivity index (χ1v) is 8.39. The van der Waals surface area contributed by atoms with E-state index in [-0.39, 0.29) is 11.4 Å². The molecule has 0 aliphatic heterocycles. The predicted octanol–water partition coefficient (Wildman–Crippen LogP) is 3.73. The lowest BCUT2D eigenvalue weighted by Crippen LogP contribution is -2.19. The Hall–Kier alpha value is -2.87. The molecule has 1 aliphatic carbocycles. The molecule has 3 rings (SSSR count). The molecule has 128 valence electrons. The van der Waals surface area contributed by atoms with Gasteiger partial charge < -0.3 is 9.47 Å². The average Bonchev–Trinajstić information content (AvgIpc) is 3.40. The third kappa shape index (κ3) is 4.16. The van der Waals surface area contributed by atoms with E-state index in [2.05, 4.69) is 11.1 Å². The summed E-state index contributed by atoms with van der Waals surface area (Å²) in [6.45, 7) is 2.71. The Morgan fingerprint density at radius 1 is 1.28 bits per heavy atom. The zero-order valence-electron chi connectivity index (χ0n) is 14.2. The van der Waals surface area contributed by atoms with Crippen LogP contribution in [0.2, 0.25) is 0 Å². The zero-order valence-corrected chi connectivity index (χ0v) is 14.2. The van der Waals surface area contributed by atoms with Crippen LogP contribution in [-0.2, 0) is 9.53 Å². The standard InChI is InChI=1S/C20H20N2O3/c1-2-24-19(23)11-20(8-9-20)14-25-18-7-10-22-13-17(18)16-5-3-15(12-21)4-6-16/h3-7,10,13H,2,8-9,11,14H2,1H3. The van der Waals surface area contributed by atoms with Gasteiger partial charge in [0, 0.05) is 23.4 Å². The molecule has 0 amide bonds. The number of rotatable bonds is 7. The molecular formula is C20H20N2O3. The summed E-state index contributed by atoms with van der Waals surface area (Å²) >= 11 is 0. The van der Waals surface area contributed by atoms with Crippen molar-refractivity contribution >= 4 is 5.97 Å². The number of hydrogen-bond acceptors (Lipinski definition) is 5. The summed E-state index contributed by atoms with van der Waals surface area (Å²) in [5.74, 6) is 0.570. The lowest BCUT2D eigenvalue weighted by molar-refractivity contribution is -0.144. The minimum absolute atomic E-state index is 0.0997. The van der Waals surface area contributed by atoms with Gasteiger partial charge in [-0.05, 0) is 43.5 Å². The van der Waals surface area contributed by atoms with Gasteiger partial charge in [-0.2, -0.15) is 5.26 Å². The second-order valence-electron chi connectivity index (χ2n) is 6.33. The Labute approximate surface area is 147 Å². The van der Waals surface area contributed by atoms with Crippen LogP contribution in [-0.4, -0.2) is 24.2 Å². The van der Waals surface area contributed by atoms with Crippen LogP contribution < -0.4 is 4.74 Å². The van der Waals surface area contributed by atoms with Crippen molar-refractivity contribution in [2.24, 2.45) is 5.41 Å². The lowest BCUT2D eigenvalue weighted by atomic mass is 10.0. The van der Waals surface area contributed by atoms with Gasteiger partial charge in [0.25, 0.3) is 0 Å². The summed E-state index contributed by atoms with van der Waals surface area (Å²) in [6.07, 6.45) is 5.79. The van der Waals surface area contributed by atoms with Crippen LogP contribution in [0.15, 0.2) is 42.7 Å². The van der Waals surface area contributed by atoms with Crippen LogP contribution in [0.1, 0.15) is 31.7 Å². The van der Waals surface area contributed by atoms with E-state index in [1.54, 1.807) is 24.5 Å². The van der Waals surface area contributed by atoms with Gasteiger partial charge in [0.05, 0.1) is 31.3 Å². The molecular weight excluding hydrogens is 316 g/mol. The van der Waals surface area contributed by atoms with Gasteiger partial charge in [0.2, 0.25) is 0 Å². The Morgan fingerprint density at radius 3 is 2.68 bits per heavy atom. The van der Waals surface area contributed by atoms with E-state index in [0.717, 1.165) is 29.7 Å². The van der Waals surface area contributed by atoms with Crippen molar-refractivity contribution in [3.63, 3.8) is 0 Å². The molecule has 0 unspecified atom stereocenters. The van der Waals surface area contributed by atoms with E-state index in [4.69, 9.17) is 14.7 Å². The molecule has 1 heterocycles. The fourth-order valence-electron chi connectivity index (χ4n) is 2.75. The summed E-state index contributed by atoms with van der Waals surface area (Å²) in [6, 6.07) is 11.3. The normalized spacial score (nSPS) is 14.4. The Kier molecular flexibility index (Phi) is 4.99. The number of aromatic nitrogens is 1. The highest BCUT2D eigenvalue weighted by Crippen LogP contribution is 2.49. The smallest absolute Gasteiger partial charge is 0.306 e. The van der Waals surface area contributed by atoms with Gasteiger partial charge in [-0.15, -0.1) is 0 Å². The Morgan fingerprint density at radius 2 is 2.04 bits per heavy atom. The molecule has 2 aromatic rings. The van der Waals surface area contributed by atoms with E-state index in [1.165, 1.54) is 0 Å². The Balaban J connectivity index is 1.71. The number of ether oxygens (including phenoxy) is 2. The first-order chi connectivity index (χ1) is 12.2. The summed E-state index contributed by atoms with van der Waals surface area (Å²) in [5, 5.41) is 8.92. The minimum atomic E-state index is -0.161. The molecule has 25 heavy (non-hydrogen) atoms. The van der Waals surface area contributed by atoms with Crippen LogP contribution in [0.5, 0.6) is 5.75 Å². The summed E-state index contributed by atoms with van der Waals surface area (Å²) in [5.41, 5.74) is 2.33. The zero-order chi connectivity index (χ0) is 17.7. The molecule has 1 aliphatic rings. The number of benzene rings is 1. The van der Waals surface area contributed by atoms with Crippen molar-refractivity contribution in [1.82, 2.24) is 4.98 Å². The van der Waals surface area contributed by atoms with Crippen molar-refractivity contribution in [3.8, 4) is 22.9 Å². The number of esters is 1. The highest BCUT2D eigenvalue weighted by Gasteiger charge is 2.45. The lowest BCUT2D eigenvalue weighted by Gasteiger charge is -2.17. The molecule has 1 aromatic heterocycles. The number of carbonyl (C=O) groups excluding carboxylic acids is 1. The highest BCUT2D eigenvalue weighted by molar-refractivity contribution is 5.71. The second kappa shape index (κ2) is 7.35. The van der Waals surface area contributed by atoms with Crippen LogP contribution in [0.3, 0.4) is 0 Å². The number of nitrogens with zero attached hydrogens (tertiary/aromatic N) is 2. The molecule has 1 fully saturated rings. The van der Waals surface area contributed by atoms with E-state index >= 15 is 0 Å². The first-order valence-electron chi connectivity index (χ1n) is 8.39. The van der Waals surface area contributed by atoms with Crippen molar-refractivity contribution in [2.75, 3.05) is 13.2 Å². The number of carbonyl (C=O) groups is 1. The van der Waals surface area contributed by atoms with Crippen molar-refractivity contribution < 1.29 is 14.3 Å². The SMILES string of the molecule is CCOC(=O)CC1(COc2ccncc2-c2ccc(C#N)cc2)CC1. The molecule has 1 aromatic carbocycles. The van der Waals surface area contributed by atoms with Crippen LogP contribution in [0, 0.1) is 16.7 Å². The van der Waals surface area contributed by atoms with Crippen LogP contribution >= 0.6 is 0 Å². The van der Waals surface area contributed by atoms with Crippen molar-refractivity contribution in [1.29, 1.82) is 5.26 Å². The average molecular weight is 336 g/mol. The Bertz CT molecular complexity index is 789. The van der Waals surface area contributed by atoms with E-state index in [9.17, 15) is 4.79 Å². The molecule has 0 atom stereocenters. The molecule has 0 N–H and O–H groups in total. The van der Waals surface area contributed by atoms with Gasteiger partial charge in [-0.25, -0.2) is 0 Å². The fraction of sp³-hybridized carbons (Fsp3) is 0.350. The van der Waals surface area contributed by atoms with Gasteiger partial charge in [-0.1, -0.05) is 12.1 Å². The summed E-state index contributed by atoms with van der Waals surface area (Å²) < 4.78 is 11.1. The maximum Gasteiger partial charge on any atom is 0.306 e. The molecule has 1 saturated carbocycles. The topological polar surface area (TPSA) is 72.2 Å². The van der Waals surface area contributed by atoms with Crippen LogP contribution in [0.25, 0.3) is 11.1 Å². The second-order valence-corrected chi connectivity index (χ2v) is 6.33. The number of nitriles is 1. The highest BCUT2D eigenvalue weighted by atomic mass is 16.5. The minimum Gasteiger partial charge on any atom is -0.492 e. The van der Waals surface area contributed by atoms with Crippen LogP contribution in [0.4, 0.5) is 0 Å². The molecule has 0 bridgehead atoms. The van der Waals surface area contributed by atoms with Crippen molar-refractivity contribution in [2.45, 2.75) is 26.2 Å². The van der Waals surface area contributed by atoms with Gasteiger partial charge in [0.15, 0.2) is 0 Å². The maximum absolute atomic E-state index is 11.7. The van der Waals surface area contributed by atoms with E-state index in [1.807, 2.05) is 25.1 Å². The fourth-order valence-corrected chi connectivity index (χ4v) is 2.75. The molecule has 0 radical (unpaired) electrons. The first kappa shape index (κ1) is 17.0. The van der Waals surface area contributed by atoms with Gasteiger partial charge in [0.1, 0.15) is 5.75 Å². The summed E-state index contributed by atoms with van der Waals surface area (Å²) in [7, 11) is 0. The van der Waals surface area contributed by atoms with Gasteiger partial charge >= 0.3 is 5.97 Å². The third-order valence-electron chi connectivity index (χ3n) is 4.42. The number of hydrogen-bond donors (Lipinski definition) is 0. The molecule has 0 spiro atoms. The van der Waals surface area contributed by atoms with E-state index < -0.39 is 0 Å². The molecule has 5 heteroatoms. The largest absolute Gasteiger partial charge is 0.492 e. The molecule has 5 nitrogen and oxygen atoms in total. The third-order valence-corrected chi connectivity index (χ3v) is 4.42.